The molecule has 0 amide bonds. The summed E-state index contributed by atoms with van der Waals surface area (Å²) in [5.74, 6) is 0. The molecule has 2 heteroatoms. The predicted molar refractivity (Wildman–Crippen MR) is 59.3 cm³/mol. The van der Waals surface area contributed by atoms with Crippen molar-refractivity contribution in [1.82, 2.24) is 10.2 Å². The molecule has 0 unspecified atom stereocenters. The Hall–Kier alpha value is -0.860. The highest BCUT2D eigenvalue weighted by Gasteiger charge is 2.23. The third-order valence-electron chi connectivity index (χ3n) is 2.94. The van der Waals surface area contributed by atoms with Gasteiger partial charge in [-0.15, -0.1) is 0 Å². The maximum atomic E-state index is 3.52. The molecule has 1 aliphatic rings. The van der Waals surface area contributed by atoms with Gasteiger partial charge >= 0.3 is 0 Å². The Labute approximate surface area is 85.9 Å². The van der Waals surface area contributed by atoms with Crippen LogP contribution in [0.2, 0.25) is 0 Å². The van der Waals surface area contributed by atoms with Crippen LogP contribution in [0.4, 0.5) is 0 Å². The highest BCUT2D eigenvalue weighted by molar-refractivity contribution is 5.20. The van der Waals surface area contributed by atoms with Crippen LogP contribution in [0.25, 0.3) is 0 Å². The van der Waals surface area contributed by atoms with E-state index in [4.69, 9.17) is 0 Å². The van der Waals surface area contributed by atoms with Gasteiger partial charge < -0.3 is 5.32 Å². The highest BCUT2D eigenvalue weighted by Crippen LogP contribution is 2.21. The Bertz CT molecular complexity index is 284. The van der Waals surface area contributed by atoms with Gasteiger partial charge in [0.1, 0.15) is 0 Å². The lowest BCUT2D eigenvalue weighted by atomic mass is 10.0. The first-order valence-corrected chi connectivity index (χ1v) is 5.26. The van der Waals surface area contributed by atoms with E-state index in [1.165, 1.54) is 5.56 Å². The van der Waals surface area contributed by atoms with Gasteiger partial charge in [-0.3, -0.25) is 4.90 Å². The van der Waals surface area contributed by atoms with E-state index in [1.54, 1.807) is 0 Å². The smallest absolute Gasteiger partial charge is 0.0470 e. The molecule has 2 rings (SSSR count). The first kappa shape index (κ1) is 9.69. The van der Waals surface area contributed by atoms with Crippen LogP contribution >= 0.6 is 0 Å². The van der Waals surface area contributed by atoms with Crippen LogP contribution in [0.5, 0.6) is 0 Å². The summed E-state index contributed by atoms with van der Waals surface area (Å²) in [5, 5.41) is 3.52. The van der Waals surface area contributed by atoms with E-state index in [9.17, 15) is 0 Å². The molecule has 1 saturated heterocycles. The van der Waals surface area contributed by atoms with Gasteiger partial charge in [0.2, 0.25) is 0 Å². The number of hydrogen-bond donors (Lipinski definition) is 1. The molecule has 0 bridgehead atoms. The maximum absolute atomic E-state index is 3.52. The zero-order valence-electron chi connectivity index (χ0n) is 8.90. The Morgan fingerprint density at radius 3 is 2.64 bits per heavy atom. The van der Waals surface area contributed by atoms with Crippen molar-refractivity contribution < 1.29 is 0 Å². The fraction of sp³-hybridized carbons (Fsp3) is 0.500. The van der Waals surface area contributed by atoms with Gasteiger partial charge in [0.25, 0.3) is 0 Å². The molecule has 1 aromatic rings. The molecule has 1 heterocycles. The van der Waals surface area contributed by atoms with E-state index in [0.717, 1.165) is 13.1 Å². The van der Waals surface area contributed by atoms with Crippen LogP contribution in [0.1, 0.15) is 18.5 Å². The number of nitrogens with one attached hydrogen (secondary N) is 1. The molecular formula is C12H18N2. The van der Waals surface area contributed by atoms with Crippen molar-refractivity contribution >= 4 is 0 Å². The summed E-state index contributed by atoms with van der Waals surface area (Å²) in [6.07, 6.45) is 0. The molecule has 2 atom stereocenters. The molecule has 14 heavy (non-hydrogen) atoms. The second-order valence-electron chi connectivity index (χ2n) is 4.18. The molecule has 0 saturated carbocycles. The summed E-state index contributed by atoms with van der Waals surface area (Å²) in [6.45, 7) is 4.42. The lowest BCUT2D eigenvalue weighted by Crippen LogP contribution is -2.49. The minimum Gasteiger partial charge on any atom is -0.311 e. The molecule has 76 valence electrons. The number of rotatable bonds is 1. The molecular weight excluding hydrogens is 172 g/mol. The van der Waals surface area contributed by atoms with Crippen LogP contribution in [0.3, 0.4) is 0 Å². The summed E-state index contributed by atoms with van der Waals surface area (Å²) in [4.78, 5) is 2.43. The number of benzene rings is 1. The Morgan fingerprint density at radius 2 is 2.00 bits per heavy atom. The summed E-state index contributed by atoms with van der Waals surface area (Å²) in [7, 11) is 2.20. The second kappa shape index (κ2) is 4.11. The largest absolute Gasteiger partial charge is 0.311 e. The lowest BCUT2D eigenvalue weighted by molar-refractivity contribution is 0.171. The zero-order chi connectivity index (χ0) is 9.97. The molecule has 0 aromatic heterocycles. The van der Waals surface area contributed by atoms with Crippen LogP contribution in [0.15, 0.2) is 30.3 Å². The predicted octanol–water partition coefficient (Wildman–Crippen LogP) is 1.65. The molecule has 2 nitrogen and oxygen atoms in total. The summed E-state index contributed by atoms with van der Waals surface area (Å²) >= 11 is 0. The minimum atomic E-state index is 0.535. The van der Waals surface area contributed by atoms with E-state index in [-0.39, 0.29) is 0 Å². The maximum Gasteiger partial charge on any atom is 0.0470 e. The summed E-state index contributed by atoms with van der Waals surface area (Å²) in [5.41, 5.74) is 1.41. The topological polar surface area (TPSA) is 15.3 Å². The van der Waals surface area contributed by atoms with Crippen molar-refractivity contribution in [3.63, 3.8) is 0 Å². The Morgan fingerprint density at radius 1 is 1.29 bits per heavy atom. The van der Waals surface area contributed by atoms with Crippen LogP contribution < -0.4 is 5.32 Å². The van der Waals surface area contributed by atoms with Gasteiger partial charge in [-0.1, -0.05) is 30.3 Å². The third-order valence-corrected chi connectivity index (χ3v) is 2.94. The third kappa shape index (κ3) is 1.97. The summed E-state index contributed by atoms with van der Waals surface area (Å²) < 4.78 is 0. The molecule has 0 spiro atoms. The highest BCUT2D eigenvalue weighted by atomic mass is 15.2. The minimum absolute atomic E-state index is 0.535. The fourth-order valence-electron chi connectivity index (χ4n) is 2.14. The zero-order valence-corrected chi connectivity index (χ0v) is 8.90. The van der Waals surface area contributed by atoms with Crippen molar-refractivity contribution in [2.75, 3.05) is 20.1 Å². The quantitative estimate of drug-likeness (QED) is 0.724. The lowest BCUT2D eigenvalue weighted by Gasteiger charge is -2.37. The van der Waals surface area contributed by atoms with E-state index in [1.807, 2.05) is 0 Å². The monoisotopic (exact) mass is 190 g/mol. The van der Waals surface area contributed by atoms with Crippen molar-refractivity contribution in [3.05, 3.63) is 35.9 Å². The van der Waals surface area contributed by atoms with E-state index in [2.05, 4.69) is 54.5 Å². The number of likely N-dealkylation sites (N-methyl/N-ethyl adjacent to an activating group) is 1. The summed E-state index contributed by atoms with van der Waals surface area (Å²) in [6, 6.07) is 11.9. The van der Waals surface area contributed by atoms with E-state index in [0.29, 0.717) is 12.1 Å². The van der Waals surface area contributed by atoms with Crippen molar-refractivity contribution in [2.45, 2.75) is 19.0 Å². The van der Waals surface area contributed by atoms with Gasteiger partial charge in [-0.2, -0.15) is 0 Å². The number of hydrogen-bond acceptors (Lipinski definition) is 2. The van der Waals surface area contributed by atoms with Crippen LogP contribution in [-0.4, -0.2) is 31.1 Å². The normalized spacial score (nSPS) is 29.0. The SMILES string of the molecule is C[C@H]1CN(C)[C@H](c2ccccc2)CN1. The average Bonchev–Trinajstić information content (AvgIpc) is 2.19. The molecule has 0 radical (unpaired) electrons. The van der Waals surface area contributed by atoms with Gasteiger partial charge in [0.05, 0.1) is 0 Å². The molecule has 1 N–H and O–H groups in total. The van der Waals surface area contributed by atoms with Gasteiger partial charge in [-0.25, -0.2) is 0 Å². The van der Waals surface area contributed by atoms with E-state index >= 15 is 0 Å². The Kier molecular flexibility index (Phi) is 2.85. The molecule has 0 aliphatic carbocycles. The second-order valence-corrected chi connectivity index (χ2v) is 4.18. The number of nitrogens with zero attached hydrogens (tertiary/aromatic N) is 1. The molecule has 1 aliphatic heterocycles. The first-order chi connectivity index (χ1) is 6.77. The molecule has 1 aromatic carbocycles. The van der Waals surface area contributed by atoms with E-state index < -0.39 is 0 Å². The van der Waals surface area contributed by atoms with Crippen LogP contribution in [0, 0.1) is 0 Å². The fourth-order valence-corrected chi connectivity index (χ4v) is 2.14. The standard InChI is InChI=1S/C12H18N2/c1-10-9-14(2)12(8-13-10)11-6-4-3-5-7-11/h3-7,10,12-13H,8-9H2,1-2H3/t10-,12-/m0/s1. The van der Waals surface area contributed by atoms with Crippen molar-refractivity contribution in [3.8, 4) is 0 Å². The van der Waals surface area contributed by atoms with Gasteiger partial charge in [0, 0.05) is 25.2 Å². The molecule has 1 fully saturated rings. The Balaban J connectivity index is 2.12. The first-order valence-electron chi connectivity index (χ1n) is 5.26. The van der Waals surface area contributed by atoms with Gasteiger partial charge in [-0.05, 0) is 19.5 Å². The number of piperazine rings is 1. The van der Waals surface area contributed by atoms with Gasteiger partial charge in [0.15, 0.2) is 0 Å². The van der Waals surface area contributed by atoms with Crippen LogP contribution in [-0.2, 0) is 0 Å². The average molecular weight is 190 g/mol. The van der Waals surface area contributed by atoms with Crippen molar-refractivity contribution in [2.24, 2.45) is 0 Å². The van der Waals surface area contributed by atoms with Crippen molar-refractivity contribution in [1.29, 1.82) is 0 Å².